The Labute approximate surface area is 76.0 Å². The minimum Gasteiger partial charge on any atom is -0.382 e. The average molecular weight is 199 g/mol. The van der Waals surface area contributed by atoms with Gasteiger partial charge in [0, 0.05) is 12.5 Å². The second-order valence-corrected chi connectivity index (χ2v) is 4.58. The highest BCUT2D eigenvalue weighted by molar-refractivity contribution is 7.90. The van der Waals surface area contributed by atoms with Crippen LogP contribution in [0.25, 0.3) is 0 Å². The number of nitrogens with one attached hydrogen (secondary N) is 1. The van der Waals surface area contributed by atoms with Gasteiger partial charge in [-0.05, 0) is 12.1 Å². The molecular weight excluding hydrogens is 190 g/mol. The van der Waals surface area contributed by atoms with E-state index in [1.165, 1.54) is 18.3 Å². The van der Waals surface area contributed by atoms with Gasteiger partial charge in [-0.2, -0.15) is 0 Å². The van der Waals surface area contributed by atoms with Crippen LogP contribution >= 0.6 is 0 Å². The topological polar surface area (TPSA) is 96.9 Å². The Morgan fingerprint density at radius 1 is 1.54 bits per heavy atom. The molecule has 0 aromatic carbocycles. The molecule has 0 saturated heterocycles. The SMILES string of the molecule is CS(=O)(=O)c1ccc(C(=N)N)nc1. The Morgan fingerprint density at radius 3 is 2.46 bits per heavy atom. The van der Waals surface area contributed by atoms with E-state index in [1.807, 2.05) is 0 Å². The van der Waals surface area contributed by atoms with E-state index in [9.17, 15) is 8.42 Å². The smallest absolute Gasteiger partial charge is 0.177 e. The normalized spacial score (nSPS) is 11.2. The van der Waals surface area contributed by atoms with E-state index in [2.05, 4.69) is 4.98 Å². The Balaban J connectivity index is 3.16. The maximum absolute atomic E-state index is 11.0. The lowest BCUT2D eigenvalue weighted by Crippen LogP contribution is -2.13. The second kappa shape index (κ2) is 3.14. The van der Waals surface area contributed by atoms with Crippen LogP contribution in [0.4, 0.5) is 0 Å². The molecular formula is C7H9N3O2S. The summed E-state index contributed by atoms with van der Waals surface area (Å²) < 4.78 is 22.0. The molecule has 3 N–H and O–H groups in total. The van der Waals surface area contributed by atoms with Crippen molar-refractivity contribution >= 4 is 15.7 Å². The van der Waals surface area contributed by atoms with Gasteiger partial charge in [-0.1, -0.05) is 0 Å². The van der Waals surface area contributed by atoms with Crippen molar-refractivity contribution < 1.29 is 8.42 Å². The van der Waals surface area contributed by atoms with Crippen molar-refractivity contribution in [3.63, 3.8) is 0 Å². The molecule has 70 valence electrons. The number of nitrogens with two attached hydrogens (primary N) is 1. The van der Waals surface area contributed by atoms with E-state index >= 15 is 0 Å². The van der Waals surface area contributed by atoms with Crippen molar-refractivity contribution in [3.8, 4) is 0 Å². The number of pyridine rings is 1. The van der Waals surface area contributed by atoms with E-state index in [0.29, 0.717) is 0 Å². The third-order valence-electron chi connectivity index (χ3n) is 1.44. The van der Waals surface area contributed by atoms with Gasteiger partial charge in [0.1, 0.15) is 11.5 Å². The number of hydrogen-bond donors (Lipinski definition) is 2. The molecule has 0 aliphatic heterocycles. The maximum Gasteiger partial charge on any atom is 0.177 e. The first-order valence-corrected chi connectivity index (χ1v) is 5.31. The molecule has 5 nitrogen and oxygen atoms in total. The van der Waals surface area contributed by atoms with Crippen molar-refractivity contribution in [1.82, 2.24) is 4.98 Å². The molecule has 0 aliphatic rings. The summed E-state index contributed by atoms with van der Waals surface area (Å²) in [4.78, 5) is 3.84. The number of rotatable bonds is 2. The van der Waals surface area contributed by atoms with Crippen molar-refractivity contribution in [2.24, 2.45) is 5.73 Å². The molecule has 0 aliphatic carbocycles. The fourth-order valence-corrected chi connectivity index (χ4v) is 1.32. The Morgan fingerprint density at radius 2 is 2.15 bits per heavy atom. The Kier molecular flexibility index (Phi) is 2.33. The zero-order valence-electron chi connectivity index (χ0n) is 6.98. The lowest BCUT2D eigenvalue weighted by molar-refractivity contribution is 0.601. The molecule has 0 fully saturated rings. The van der Waals surface area contributed by atoms with Crippen molar-refractivity contribution in [1.29, 1.82) is 5.41 Å². The summed E-state index contributed by atoms with van der Waals surface area (Å²) in [5.41, 5.74) is 5.41. The molecule has 1 aromatic heterocycles. The van der Waals surface area contributed by atoms with Crippen LogP contribution in [0.3, 0.4) is 0 Å². The van der Waals surface area contributed by atoms with Gasteiger partial charge in [0.05, 0.1) is 4.90 Å². The van der Waals surface area contributed by atoms with E-state index in [1.54, 1.807) is 0 Å². The summed E-state index contributed by atoms with van der Waals surface area (Å²) in [5.74, 6) is -0.181. The molecule has 1 rings (SSSR count). The maximum atomic E-state index is 11.0. The quantitative estimate of drug-likeness (QED) is 0.507. The summed E-state index contributed by atoms with van der Waals surface area (Å²) in [6, 6.07) is 2.78. The lowest BCUT2D eigenvalue weighted by Gasteiger charge is -1.99. The van der Waals surface area contributed by atoms with Crippen LogP contribution < -0.4 is 5.73 Å². The zero-order valence-corrected chi connectivity index (χ0v) is 7.80. The van der Waals surface area contributed by atoms with Crippen LogP contribution in [-0.2, 0) is 9.84 Å². The minimum atomic E-state index is -3.22. The summed E-state index contributed by atoms with van der Waals surface area (Å²) in [6.07, 6.45) is 2.28. The first-order valence-electron chi connectivity index (χ1n) is 3.42. The minimum absolute atomic E-state index is 0.123. The molecule has 13 heavy (non-hydrogen) atoms. The summed E-state index contributed by atoms with van der Waals surface area (Å²) >= 11 is 0. The molecule has 0 spiro atoms. The van der Waals surface area contributed by atoms with Gasteiger partial charge in [0.2, 0.25) is 0 Å². The van der Waals surface area contributed by atoms with Gasteiger partial charge >= 0.3 is 0 Å². The van der Waals surface area contributed by atoms with Gasteiger partial charge in [-0.25, -0.2) is 8.42 Å². The third-order valence-corrected chi connectivity index (χ3v) is 2.54. The van der Waals surface area contributed by atoms with Crippen LogP contribution in [0, 0.1) is 5.41 Å². The second-order valence-electron chi connectivity index (χ2n) is 2.56. The lowest BCUT2D eigenvalue weighted by atomic mass is 10.3. The van der Waals surface area contributed by atoms with Gasteiger partial charge < -0.3 is 5.73 Å². The Bertz CT molecular complexity index is 422. The average Bonchev–Trinajstić information content (AvgIpc) is 2.03. The van der Waals surface area contributed by atoms with Crippen LogP contribution in [0.15, 0.2) is 23.2 Å². The number of aromatic nitrogens is 1. The first-order chi connectivity index (χ1) is 5.91. The molecule has 0 radical (unpaired) electrons. The van der Waals surface area contributed by atoms with Crippen molar-refractivity contribution in [2.75, 3.05) is 6.26 Å². The predicted octanol–water partition coefficient (Wildman–Crippen LogP) is -0.231. The molecule has 6 heteroatoms. The summed E-state index contributed by atoms with van der Waals surface area (Å²) in [5, 5.41) is 7.03. The van der Waals surface area contributed by atoms with Crippen LogP contribution in [0.5, 0.6) is 0 Å². The van der Waals surface area contributed by atoms with Gasteiger partial charge in [0.15, 0.2) is 9.84 Å². The first kappa shape index (κ1) is 9.66. The van der Waals surface area contributed by atoms with Crippen molar-refractivity contribution in [3.05, 3.63) is 24.0 Å². The zero-order chi connectivity index (χ0) is 10.1. The standard InChI is InChI=1S/C7H9N3O2S/c1-13(11,12)5-2-3-6(7(8)9)10-4-5/h2-4H,1H3,(H3,8,9). The molecule has 0 amide bonds. The fraction of sp³-hybridized carbons (Fsp3) is 0.143. The number of hydrogen-bond acceptors (Lipinski definition) is 4. The molecule has 0 bridgehead atoms. The summed E-state index contributed by atoms with van der Waals surface area (Å²) in [6.45, 7) is 0. The van der Waals surface area contributed by atoms with Crippen LogP contribution in [0.2, 0.25) is 0 Å². The third kappa shape index (κ3) is 2.25. The Hall–Kier alpha value is -1.43. The highest BCUT2D eigenvalue weighted by Crippen LogP contribution is 2.06. The molecule has 0 atom stereocenters. The number of sulfone groups is 1. The number of amidine groups is 1. The van der Waals surface area contributed by atoms with Crippen LogP contribution in [-0.4, -0.2) is 25.5 Å². The molecule has 1 aromatic rings. The van der Waals surface area contributed by atoms with Gasteiger partial charge in [-0.3, -0.25) is 10.4 Å². The monoisotopic (exact) mass is 199 g/mol. The molecule has 1 heterocycles. The van der Waals surface area contributed by atoms with E-state index < -0.39 is 9.84 Å². The highest BCUT2D eigenvalue weighted by Gasteiger charge is 2.07. The van der Waals surface area contributed by atoms with E-state index in [0.717, 1.165) is 6.26 Å². The number of nitrogen functional groups attached to an aromatic ring is 1. The van der Waals surface area contributed by atoms with E-state index in [4.69, 9.17) is 11.1 Å². The largest absolute Gasteiger partial charge is 0.382 e. The summed E-state index contributed by atoms with van der Waals surface area (Å²) in [7, 11) is -3.22. The van der Waals surface area contributed by atoms with Gasteiger partial charge in [-0.15, -0.1) is 0 Å². The highest BCUT2D eigenvalue weighted by atomic mass is 32.2. The molecule has 0 unspecified atom stereocenters. The number of nitrogens with zero attached hydrogens (tertiary/aromatic N) is 1. The molecule has 0 saturated carbocycles. The van der Waals surface area contributed by atoms with E-state index in [-0.39, 0.29) is 16.4 Å². The van der Waals surface area contributed by atoms with Gasteiger partial charge in [0.25, 0.3) is 0 Å². The fourth-order valence-electron chi connectivity index (χ4n) is 0.759. The van der Waals surface area contributed by atoms with Crippen LogP contribution in [0.1, 0.15) is 5.69 Å². The predicted molar refractivity (Wildman–Crippen MR) is 48.4 cm³/mol. The van der Waals surface area contributed by atoms with Crippen molar-refractivity contribution in [2.45, 2.75) is 4.90 Å².